The smallest absolute Gasteiger partial charge is 0.321 e. The van der Waals surface area contributed by atoms with Gasteiger partial charge in [0.05, 0.1) is 0 Å². The Hall–Kier alpha value is -3.12. The number of hydrogen-bond acceptors (Lipinski definition) is 4. The van der Waals surface area contributed by atoms with Crippen LogP contribution >= 0.6 is 11.6 Å². The highest BCUT2D eigenvalue weighted by atomic mass is 35.5. The average Bonchev–Trinajstić information content (AvgIpc) is 3.02. The molecule has 0 atom stereocenters. The molecular weight excluding hydrogens is 422 g/mol. The van der Waals surface area contributed by atoms with Crippen LogP contribution in [0.3, 0.4) is 0 Å². The molecule has 0 bridgehead atoms. The molecule has 1 aliphatic rings. The van der Waals surface area contributed by atoms with Gasteiger partial charge in [0.2, 0.25) is 0 Å². The van der Waals surface area contributed by atoms with Gasteiger partial charge >= 0.3 is 6.03 Å². The minimum atomic E-state index is -0.103. The van der Waals surface area contributed by atoms with Crippen LogP contribution in [0.25, 0.3) is 0 Å². The van der Waals surface area contributed by atoms with Crippen molar-refractivity contribution < 1.29 is 4.79 Å². The number of hydrogen-bond donors (Lipinski definition) is 1. The minimum Gasteiger partial charge on any atom is -0.354 e. The zero-order valence-corrected chi connectivity index (χ0v) is 19.3. The summed E-state index contributed by atoms with van der Waals surface area (Å²) in [5.41, 5.74) is 4.10. The number of aromatic nitrogens is 2. The second-order valence-corrected chi connectivity index (χ2v) is 8.53. The number of amides is 2. The highest BCUT2D eigenvalue weighted by Gasteiger charge is 2.23. The van der Waals surface area contributed by atoms with Gasteiger partial charge in [-0.1, -0.05) is 48.0 Å². The molecule has 1 fully saturated rings. The van der Waals surface area contributed by atoms with E-state index in [2.05, 4.69) is 46.4 Å². The Morgan fingerprint density at radius 3 is 2.59 bits per heavy atom. The molecule has 0 saturated carbocycles. The monoisotopic (exact) mass is 449 g/mol. The van der Waals surface area contributed by atoms with E-state index in [1.54, 1.807) is 12.1 Å². The highest BCUT2D eigenvalue weighted by Crippen LogP contribution is 2.25. The van der Waals surface area contributed by atoms with E-state index >= 15 is 0 Å². The van der Waals surface area contributed by atoms with E-state index in [0.29, 0.717) is 23.8 Å². The molecule has 7 heteroatoms. The van der Waals surface area contributed by atoms with E-state index in [4.69, 9.17) is 16.6 Å². The van der Waals surface area contributed by atoms with Gasteiger partial charge in [0.25, 0.3) is 0 Å². The summed E-state index contributed by atoms with van der Waals surface area (Å²) < 4.78 is 0. The van der Waals surface area contributed by atoms with Crippen molar-refractivity contribution in [3.63, 3.8) is 0 Å². The maximum absolute atomic E-state index is 12.8. The maximum Gasteiger partial charge on any atom is 0.321 e. The third-order valence-corrected chi connectivity index (χ3v) is 5.92. The Kier molecular flexibility index (Phi) is 6.90. The van der Waals surface area contributed by atoms with Gasteiger partial charge in [0.1, 0.15) is 11.6 Å². The van der Waals surface area contributed by atoms with Crippen molar-refractivity contribution in [3.8, 4) is 0 Å². The van der Waals surface area contributed by atoms with E-state index in [1.807, 2.05) is 30.0 Å². The van der Waals surface area contributed by atoms with Crippen molar-refractivity contribution in [3.05, 3.63) is 82.3 Å². The average molecular weight is 450 g/mol. The van der Waals surface area contributed by atoms with E-state index in [-0.39, 0.29) is 6.03 Å². The molecule has 2 aromatic carbocycles. The Bertz CT molecular complexity index is 1090. The van der Waals surface area contributed by atoms with Crippen LogP contribution in [0.5, 0.6) is 0 Å². The third kappa shape index (κ3) is 5.37. The van der Waals surface area contributed by atoms with Gasteiger partial charge in [-0.3, -0.25) is 0 Å². The highest BCUT2D eigenvalue weighted by molar-refractivity contribution is 6.30. The first-order chi connectivity index (χ1) is 15.5. The summed E-state index contributed by atoms with van der Waals surface area (Å²) in [5, 5.41) is 3.56. The van der Waals surface area contributed by atoms with Gasteiger partial charge in [-0.2, -0.15) is 0 Å². The fraction of sp³-hybridized carbons (Fsp3) is 0.320. The number of carbonyl (C=O) groups is 1. The van der Waals surface area contributed by atoms with E-state index in [9.17, 15) is 4.79 Å². The zero-order valence-electron chi connectivity index (χ0n) is 18.5. The lowest BCUT2D eigenvalue weighted by molar-refractivity contribution is 0.215. The second kappa shape index (κ2) is 10.0. The van der Waals surface area contributed by atoms with Crippen LogP contribution in [0.4, 0.5) is 16.3 Å². The van der Waals surface area contributed by atoms with Crippen molar-refractivity contribution >= 4 is 29.1 Å². The number of nitrogens with one attached hydrogen (secondary N) is 1. The van der Waals surface area contributed by atoms with Crippen LogP contribution < -0.4 is 10.2 Å². The van der Waals surface area contributed by atoms with Crippen molar-refractivity contribution in [2.75, 3.05) is 36.4 Å². The number of halogens is 1. The predicted octanol–water partition coefficient (Wildman–Crippen LogP) is 5.08. The van der Waals surface area contributed by atoms with Crippen LogP contribution in [-0.4, -0.2) is 47.1 Å². The molecule has 1 aliphatic heterocycles. The molecular formula is C25H28ClN5O. The third-order valence-electron chi connectivity index (χ3n) is 5.69. The van der Waals surface area contributed by atoms with Crippen LogP contribution in [0.1, 0.15) is 29.1 Å². The van der Waals surface area contributed by atoms with Crippen LogP contribution in [0, 0.1) is 13.8 Å². The lowest BCUT2D eigenvalue weighted by Gasteiger charge is -2.26. The maximum atomic E-state index is 12.8. The molecule has 0 spiro atoms. The van der Waals surface area contributed by atoms with Crippen LogP contribution in [0.15, 0.2) is 54.6 Å². The molecule has 0 aliphatic carbocycles. The molecule has 166 valence electrons. The molecule has 2 heterocycles. The SMILES string of the molecule is Cc1nc(C)c(Cc2ccccc2)c(N2CCCN(C(=O)Nc3cccc(Cl)c3)CC2)n1. The summed E-state index contributed by atoms with van der Waals surface area (Å²) in [4.78, 5) is 26.4. The molecule has 3 aromatic rings. The van der Waals surface area contributed by atoms with Gasteiger partial charge in [0, 0.05) is 54.6 Å². The van der Waals surface area contributed by atoms with Gasteiger partial charge in [0.15, 0.2) is 0 Å². The molecule has 6 nitrogen and oxygen atoms in total. The number of aryl methyl sites for hydroxylation is 2. The molecule has 2 amide bonds. The van der Waals surface area contributed by atoms with Gasteiger partial charge in [-0.25, -0.2) is 14.8 Å². The number of carbonyl (C=O) groups excluding carboxylic acids is 1. The van der Waals surface area contributed by atoms with Crippen LogP contribution in [0.2, 0.25) is 5.02 Å². The van der Waals surface area contributed by atoms with E-state index < -0.39 is 0 Å². The fourth-order valence-electron chi connectivity index (χ4n) is 4.09. The Labute approximate surface area is 194 Å². The van der Waals surface area contributed by atoms with Gasteiger partial charge in [-0.15, -0.1) is 0 Å². The topological polar surface area (TPSA) is 61.4 Å². The summed E-state index contributed by atoms with van der Waals surface area (Å²) in [6.45, 7) is 6.88. The molecule has 4 rings (SSSR count). The van der Waals surface area contributed by atoms with E-state index in [0.717, 1.165) is 48.8 Å². The quantitative estimate of drug-likeness (QED) is 0.603. The predicted molar refractivity (Wildman–Crippen MR) is 130 cm³/mol. The van der Waals surface area contributed by atoms with Crippen LogP contribution in [-0.2, 0) is 6.42 Å². The summed E-state index contributed by atoms with van der Waals surface area (Å²) >= 11 is 6.04. The minimum absolute atomic E-state index is 0.103. The Balaban J connectivity index is 1.50. The number of anilines is 2. The standard InChI is InChI=1S/C25H28ClN5O/c1-18-23(16-20-8-4-3-5-9-20)24(28-19(2)27-18)30-12-7-13-31(15-14-30)25(32)29-22-11-6-10-21(26)17-22/h3-6,8-11,17H,7,12-16H2,1-2H3,(H,29,32). The first-order valence-electron chi connectivity index (χ1n) is 10.9. The van der Waals surface area contributed by atoms with Crippen molar-refractivity contribution in [2.24, 2.45) is 0 Å². The van der Waals surface area contributed by atoms with Gasteiger partial charge in [-0.05, 0) is 44.0 Å². The zero-order chi connectivity index (χ0) is 22.5. The van der Waals surface area contributed by atoms with Crippen molar-refractivity contribution in [2.45, 2.75) is 26.7 Å². The molecule has 1 saturated heterocycles. The Morgan fingerprint density at radius 1 is 1.00 bits per heavy atom. The normalized spacial score (nSPS) is 14.2. The number of urea groups is 1. The molecule has 1 N–H and O–H groups in total. The number of benzene rings is 2. The van der Waals surface area contributed by atoms with Crippen molar-refractivity contribution in [1.29, 1.82) is 0 Å². The summed E-state index contributed by atoms with van der Waals surface area (Å²) in [6, 6.07) is 17.5. The second-order valence-electron chi connectivity index (χ2n) is 8.09. The largest absolute Gasteiger partial charge is 0.354 e. The summed E-state index contributed by atoms with van der Waals surface area (Å²) in [7, 11) is 0. The molecule has 0 radical (unpaired) electrons. The number of rotatable bonds is 4. The molecule has 1 aromatic heterocycles. The Morgan fingerprint density at radius 2 is 1.81 bits per heavy atom. The number of nitrogens with zero attached hydrogens (tertiary/aromatic N) is 4. The summed E-state index contributed by atoms with van der Waals surface area (Å²) in [6.07, 6.45) is 1.66. The van der Waals surface area contributed by atoms with Gasteiger partial charge < -0.3 is 15.1 Å². The lowest BCUT2D eigenvalue weighted by Crippen LogP contribution is -2.38. The summed E-state index contributed by atoms with van der Waals surface area (Å²) in [5.74, 6) is 1.75. The lowest BCUT2D eigenvalue weighted by atomic mass is 10.0. The first-order valence-corrected chi connectivity index (χ1v) is 11.3. The van der Waals surface area contributed by atoms with E-state index in [1.165, 1.54) is 5.56 Å². The van der Waals surface area contributed by atoms with Crippen molar-refractivity contribution in [1.82, 2.24) is 14.9 Å². The first kappa shape index (κ1) is 22.1. The molecule has 32 heavy (non-hydrogen) atoms. The fourth-order valence-corrected chi connectivity index (χ4v) is 4.28. The molecule has 0 unspecified atom stereocenters.